The van der Waals surface area contributed by atoms with Gasteiger partial charge in [0.2, 0.25) is 5.88 Å². The van der Waals surface area contributed by atoms with Crippen LogP contribution in [-0.2, 0) is 9.84 Å². The van der Waals surface area contributed by atoms with Crippen LogP contribution in [0.2, 0.25) is 0 Å². The predicted octanol–water partition coefficient (Wildman–Crippen LogP) is 3.33. The fraction of sp³-hybridized carbons (Fsp3) is 0.476. The molecule has 16 heteroatoms. The van der Waals surface area contributed by atoms with E-state index in [-0.39, 0.29) is 40.3 Å². The number of aromatic nitrogens is 5. The molecule has 202 valence electrons. The SMILES string of the molecule is CCS(=O)(=O)c1nn2c(C(=O)NC(C)C(C)C)ccnc2c1-c1cnc(OCC(F)(F)C(F)(F)F)cn1. The Labute approximate surface area is 208 Å². The third-order valence-electron chi connectivity index (χ3n) is 5.45. The van der Waals surface area contributed by atoms with Gasteiger partial charge in [0.15, 0.2) is 27.1 Å². The van der Waals surface area contributed by atoms with Gasteiger partial charge in [0, 0.05) is 12.2 Å². The van der Waals surface area contributed by atoms with Crippen LogP contribution in [0.1, 0.15) is 38.2 Å². The van der Waals surface area contributed by atoms with Crippen molar-refractivity contribution in [1.82, 2.24) is 29.9 Å². The third kappa shape index (κ3) is 5.78. The highest BCUT2D eigenvalue weighted by Crippen LogP contribution is 2.36. The van der Waals surface area contributed by atoms with Gasteiger partial charge in [0.25, 0.3) is 5.91 Å². The average molecular weight is 551 g/mol. The summed E-state index contributed by atoms with van der Waals surface area (Å²) >= 11 is 0. The van der Waals surface area contributed by atoms with Gasteiger partial charge in [-0.2, -0.15) is 27.1 Å². The van der Waals surface area contributed by atoms with E-state index < -0.39 is 45.4 Å². The quantitative estimate of drug-likeness (QED) is 0.402. The molecule has 1 amide bonds. The van der Waals surface area contributed by atoms with Crippen LogP contribution in [0.15, 0.2) is 29.7 Å². The number of ether oxygens (including phenoxy) is 1. The fourth-order valence-electron chi connectivity index (χ4n) is 2.89. The van der Waals surface area contributed by atoms with E-state index in [0.29, 0.717) is 0 Å². The Morgan fingerprint density at radius 3 is 2.32 bits per heavy atom. The Morgan fingerprint density at radius 2 is 1.78 bits per heavy atom. The average Bonchev–Trinajstić information content (AvgIpc) is 3.23. The summed E-state index contributed by atoms with van der Waals surface area (Å²) in [7, 11) is -4.00. The minimum Gasteiger partial charge on any atom is -0.470 e. The Morgan fingerprint density at radius 1 is 1.11 bits per heavy atom. The summed E-state index contributed by atoms with van der Waals surface area (Å²) in [6, 6.07) is 1.13. The molecule has 3 heterocycles. The number of alkyl halides is 5. The van der Waals surface area contributed by atoms with Crippen LogP contribution in [0, 0.1) is 5.92 Å². The van der Waals surface area contributed by atoms with Gasteiger partial charge in [0.1, 0.15) is 5.69 Å². The fourth-order valence-corrected chi connectivity index (χ4v) is 3.88. The van der Waals surface area contributed by atoms with Crippen molar-refractivity contribution in [3.05, 3.63) is 30.4 Å². The zero-order valence-electron chi connectivity index (χ0n) is 20.0. The highest BCUT2D eigenvalue weighted by atomic mass is 32.2. The highest BCUT2D eigenvalue weighted by molar-refractivity contribution is 7.91. The first-order chi connectivity index (χ1) is 17.1. The first kappa shape index (κ1) is 28.1. The number of hydrogen-bond donors (Lipinski definition) is 1. The van der Waals surface area contributed by atoms with Crippen molar-refractivity contribution in [3.8, 4) is 17.1 Å². The van der Waals surface area contributed by atoms with E-state index in [9.17, 15) is 35.2 Å². The molecule has 1 N–H and O–H groups in total. The Balaban J connectivity index is 2.06. The van der Waals surface area contributed by atoms with Crippen molar-refractivity contribution in [2.75, 3.05) is 12.4 Å². The molecule has 0 bridgehead atoms. The largest absolute Gasteiger partial charge is 0.470 e. The zero-order valence-corrected chi connectivity index (χ0v) is 20.9. The molecule has 0 fully saturated rings. The van der Waals surface area contributed by atoms with E-state index in [1.165, 1.54) is 19.2 Å². The van der Waals surface area contributed by atoms with Crippen LogP contribution >= 0.6 is 0 Å². The van der Waals surface area contributed by atoms with Gasteiger partial charge in [-0.1, -0.05) is 20.8 Å². The molecule has 3 aromatic rings. The van der Waals surface area contributed by atoms with Crippen molar-refractivity contribution in [1.29, 1.82) is 0 Å². The Bertz CT molecular complexity index is 1390. The number of sulfone groups is 1. The lowest BCUT2D eigenvalue weighted by Gasteiger charge is -2.19. The number of nitrogens with one attached hydrogen (secondary N) is 1. The maximum absolute atomic E-state index is 13.1. The van der Waals surface area contributed by atoms with Crippen molar-refractivity contribution in [2.45, 2.75) is 50.9 Å². The summed E-state index contributed by atoms with van der Waals surface area (Å²) in [6.45, 7) is 4.96. The summed E-state index contributed by atoms with van der Waals surface area (Å²) in [4.78, 5) is 24.6. The van der Waals surface area contributed by atoms with E-state index in [0.717, 1.165) is 16.9 Å². The molecule has 37 heavy (non-hydrogen) atoms. The third-order valence-corrected chi connectivity index (χ3v) is 7.09. The van der Waals surface area contributed by atoms with Gasteiger partial charge in [-0.05, 0) is 18.9 Å². The van der Waals surface area contributed by atoms with E-state index in [4.69, 9.17) is 0 Å². The molecule has 0 saturated carbocycles. The molecule has 3 rings (SSSR count). The standard InChI is InChI=1S/C21H23F5N6O4S/c1-5-37(34,35)19-16(13-8-29-15(9-28-13)36-10-20(22,23)21(24,25)26)17-27-7-6-14(32(17)31-19)18(33)30-12(4)11(2)3/h6-9,11-12H,5,10H2,1-4H3,(H,30,33). The molecule has 0 aliphatic heterocycles. The molecule has 0 radical (unpaired) electrons. The second-order valence-corrected chi connectivity index (χ2v) is 10.6. The van der Waals surface area contributed by atoms with Crippen LogP contribution in [0.5, 0.6) is 5.88 Å². The van der Waals surface area contributed by atoms with Gasteiger partial charge in [-0.15, -0.1) is 0 Å². The van der Waals surface area contributed by atoms with Crippen molar-refractivity contribution in [3.63, 3.8) is 0 Å². The van der Waals surface area contributed by atoms with Crippen LogP contribution in [0.4, 0.5) is 22.0 Å². The molecule has 0 spiro atoms. The number of carbonyl (C=O) groups is 1. The van der Waals surface area contributed by atoms with Gasteiger partial charge in [-0.3, -0.25) is 4.79 Å². The van der Waals surface area contributed by atoms with Gasteiger partial charge < -0.3 is 10.1 Å². The second kappa shape index (κ2) is 10.1. The summed E-state index contributed by atoms with van der Waals surface area (Å²) in [5, 5.41) is 6.43. The molecule has 0 aliphatic carbocycles. The molecule has 0 saturated heterocycles. The number of rotatable bonds is 9. The molecule has 0 aliphatic rings. The van der Waals surface area contributed by atoms with Gasteiger partial charge >= 0.3 is 12.1 Å². The van der Waals surface area contributed by atoms with Crippen LogP contribution in [-0.4, -0.2) is 69.4 Å². The smallest absolute Gasteiger partial charge is 0.456 e. The number of amides is 1. The molecule has 3 aromatic heterocycles. The summed E-state index contributed by atoms with van der Waals surface area (Å²) in [5.74, 6) is -6.57. The zero-order chi connectivity index (χ0) is 27.8. The maximum atomic E-state index is 13.1. The molecule has 1 unspecified atom stereocenters. The summed E-state index contributed by atoms with van der Waals surface area (Å²) < 4.78 is 94.4. The monoisotopic (exact) mass is 550 g/mol. The lowest BCUT2D eigenvalue weighted by molar-refractivity contribution is -0.290. The molecule has 10 nitrogen and oxygen atoms in total. The topological polar surface area (TPSA) is 128 Å². The van der Waals surface area contributed by atoms with Gasteiger partial charge in [-0.25, -0.2) is 27.9 Å². The molecular weight excluding hydrogens is 527 g/mol. The highest BCUT2D eigenvalue weighted by Gasteiger charge is 2.58. The second-order valence-electron chi connectivity index (χ2n) is 8.39. The van der Waals surface area contributed by atoms with Crippen molar-refractivity contribution < 1.29 is 39.9 Å². The lowest BCUT2D eigenvalue weighted by atomic mass is 10.1. The van der Waals surface area contributed by atoms with Crippen molar-refractivity contribution in [2.24, 2.45) is 5.92 Å². The van der Waals surface area contributed by atoms with E-state index in [1.54, 1.807) is 6.92 Å². The Kier molecular flexibility index (Phi) is 7.72. The predicted molar refractivity (Wildman–Crippen MR) is 120 cm³/mol. The van der Waals surface area contributed by atoms with Gasteiger partial charge in [0.05, 0.1) is 29.4 Å². The van der Waals surface area contributed by atoms with Crippen LogP contribution in [0.25, 0.3) is 16.9 Å². The number of nitrogens with zero attached hydrogens (tertiary/aromatic N) is 5. The first-order valence-electron chi connectivity index (χ1n) is 10.9. The van der Waals surface area contributed by atoms with E-state index in [2.05, 4.69) is 30.1 Å². The minimum absolute atomic E-state index is 0.0152. The van der Waals surface area contributed by atoms with Crippen molar-refractivity contribution >= 4 is 21.4 Å². The Hall–Kier alpha value is -3.43. The molecule has 0 aromatic carbocycles. The summed E-state index contributed by atoms with van der Waals surface area (Å²) in [5.41, 5.74) is -0.354. The van der Waals surface area contributed by atoms with E-state index >= 15 is 0 Å². The first-order valence-corrected chi connectivity index (χ1v) is 12.6. The molecular formula is C21H23F5N6O4S. The lowest BCUT2D eigenvalue weighted by Crippen LogP contribution is -2.41. The van der Waals surface area contributed by atoms with E-state index in [1.807, 2.05) is 13.8 Å². The minimum atomic E-state index is -5.82. The summed E-state index contributed by atoms with van der Waals surface area (Å²) in [6.07, 6.45) is -2.87. The maximum Gasteiger partial charge on any atom is 0.456 e. The number of fused-ring (bicyclic) bond motifs is 1. The number of carbonyl (C=O) groups excluding carboxylic acids is 1. The number of halogens is 5. The molecule has 1 atom stereocenters. The van der Waals surface area contributed by atoms with Crippen LogP contribution in [0.3, 0.4) is 0 Å². The van der Waals surface area contributed by atoms with Crippen LogP contribution < -0.4 is 10.1 Å². The number of hydrogen-bond acceptors (Lipinski definition) is 8. The normalized spacial score (nSPS) is 13.7.